The molecule has 1 aliphatic rings. The number of alkyl halides is 3. The minimum atomic E-state index is -4.99. The smallest absolute Gasteiger partial charge is 0.471 e. The second-order valence-electron chi connectivity index (χ2n) is 8.88. The molecule has 0 N–H and O–H groups in total. The molecule has 0 atom stereocenters. The van der Waals surface area contributed by atoms with Crippen LogP contribution in [0.25, 0.3) is 5.57 Å². The van der Waals surface area contributed by atoms with E-state index in [2.05, 4.69) is 0 Å². The zero-order valence-electron chi connectivity index (χ0n) is 21.5. The predicted octanol–water partition coefficient (Wildman–Crippen LogP) is 4.57. The van der Waals surface area contributed by atoms with Gasteiger partial charge in [-0.15, -0.1) is 0 Å². The Kier molecular flexibility index (Phi) is 9.24. The first kappa shape index (κ1) is 29.2. The predicted molar refractivity (Wildman–Crippen MR) is 138 cm³/mol. The number of halogens is 3. The molecule has 0 aromatic heterocycles. The standard InChI is InChI=1S/C27H31F3N2O5S/c1-4-31(5-2)25(33)20-11-9-19(10-12-20)22-8-6-15-32(26(34)27(28,29)30)16-7-17-37-24-14-13-21(18-23(22)24)38(3,35)36/h8-14,18H,4-7,15-17H2,1-3H3/b22-8-. The third-order valence-electron chi connectivity index (χ3n) is 6.27. The second kappa shape index (κ2) is 12.0. The maximum atomic E-state index is 13.1. The van der Waals surface area contributed by atoms with Gasteiger partial charge >= 0.3 is 12.1 Å². The van der Waals surface area contributed by atoms with Crippen LogP contribution in [-0.4, -0.2) is 75.2 Å². The van der Waals surface area contributed by atoms with E-state index in [1.165, 1.54) is 18.2 Å². The normalized spacial score (nSPS) is 16.4. The number of hydrogen-bond acceptors (Lipinski definition) is 5. The SMILES string of the molecule is CCN(CC)C(=O)c1ccc(/C2=C/CCN(C(=O)C(F)(F)F)CCCOc3ccc(S(C)(=O)=O)cc32)cc1. The van der Waals surface area contributed by atoms with Crippen molar-refractivity contribution in [1.82, 2.24) is 9.80 Å². The number of carbonyl (C=O) groups is 2. The lowest BCUT2D eigenvalue weighted by Gasteiger charge is -2.23. The van der Waals surface area contributed by atoms with Crippen molar-refractivity contribution in [2.45, 2.75) is 37.8 Å². The van der Waals surface area contributed by atoms with Gasteiger partial charge in [-0.25, -0.2) is 8.42 Å². The van der Waals surface area contributed by atoms with Gasteiger partial charge in [0.25, 0.3) is 5.91 Å². The van der Waals surface area contributed by atoms with E-state index in [-0.39, 0.29) is 43.3 Å². The highest BCUT2D eigenvalue weighted by Gasteiger charge is 2.42. The molecule has 206 valence electrons. The van der Waals surface area contributed by atoms with Gasteiger partial charge in [-0.05, 0) is 68.2 Å². The highest BCUT2D eigenvalue weighted by molar-refractivity contribution is 7.90. The molecule has 1 aliphatic heterocycles. The van der Waals surface area contributed by atoms with Gasteiger partial charge in [0.1, 0.15) is 5.75 Å². The summed E-state index contributed by atoms with van der Waals surface area (Å²) in [5.41, 5.74) is 2.06. The summed E-state index contributed by atoms with van der Waals surface area (Å²) in [6.45, 7) is 4.57. The maximum Gasteiger partial charge on any atom is 0.471 e. The van der Waals surface area contributed by atoms with Crippen molar-refractivity contribution < 1.29 is 35.9 Å². The summed E-state index contributed by atoms with van der Waals surface area (Å²) >= 11 is 0. The lowest BCUT2D eigenvalue weighted by molar-refractivity contribution is -0.185. The molecule has 0 spiro atoms. The molecule has 0 saturated heterocycles. The first-order chi connectivity index (χ1) is 17.9. The Bertz CT molecular complexity index is 1300. The molecule has 0 saturated carbocycles. The summed E-state index contributed by atoms with van der Waals surface area (Å²) in [4.78, 5) is 27.2. The van der Waals surface area contributed by atoms with Crippen molar-refractivity contribution in [3.63, 3.8) is 0 Å². The minimum Gasteiger partial charge on any atom is -0.493 e. The van der Waals surface area contributed by atoms with Crippen LogP contribution in [-0.2, 0) is 14.6 Å². The Morgan fingerprint density at radius 1 is 1.03 bits per heavy atom. The van der Waals surface area contributed by atoms with Crippen molar-refractivity contribution in [2.75, 3.05) is 39.0 Å². The molecule has 2 aromatic carbocycles. The molecule has 0 fully saturated rings. The van der Waals surface area contributed by atoms with Crippen LogP contribution in [0.3, 0.4) is 0 Å². The average Bonchev–Trinajstić information content (AvgIpc) is 2.91. The Morgan fingerprint density at radius 2 is 1.68 bits per heavy atom. The number of carbonyl (C=O) groups excluding carboxylic acids is 2. The van der Waals surface area contributed by atoms with Crippen LogP contribution >= 0.6 is 0 Å². The summed E-state index contributed by atoms with van der Waals surface area (Å²) < 4.78 is 69.8. The number of ether oxygens (including phenoxy) is 1. The molecule has 0 aliphatic carbocycles. The first-order valence-corrected chi connectivity index (χ1v) is 14.2. The van der Waals surface area contributed by atoms with Crippen LogP contribution in [0.4, 0.5) is 13.2 Å². The molecule has 2 amide bonds. The highest BCUT2D eigenvalue weighted by atomic mass is 32.2. The minimum absolute atomic E-state index is 0.0252. The number of benzene rings is 2. The molecule has 7 nitrogen and oxygen atoms in total. The van der Waals surface area contributed by atoms with Gasteiger partial charge in [-0.1, -0.05) is 18.2 Å². The van der Waals surface area contributed by atoms with E-state index in [9.17, 15) is 31.2 Å². The number of sulfone groups is 1. The monoisotopic (exact) mass is 552 g/mol. The fourth-order valence-electron chi connectivity index (χ4n) is 4.24. The van der Waals surface area contributed by atoms with Gasteiger partial charge in [0.15, 0.2) is 9.84 Å². The molecule has 11 heteroatoms. The van der Waals surface area contributed by atoms with Crippen molar-refractivity contribution in [1.29, 1.82) is 0 Å². The number of hydrogen-bond donors (Lipinski definition) is 0. The number of amides is 2. The summed E-state index contributed by atoms with van der Waals surface area (Å²) in [6.07, 6.45) is -2.00. The van der Waals surface area contributed by atoms with E-state index < -0.39 is 21.9 Å². The second-order valence-corrected chi connectivity index (χ2v) is 10.9. The van der Waals surface area contributed by atoms with Gasteiger partial charge in [-0.2, -0.15) is 13.2 Å². The molecule has 0 unspecified atom stereocenters. The summed E-state index contributed by atoms with van der Waals surface area (Å²) in [6, 6.07) is 11.1. The third-order valence-corrected chi connectivity index (χ3v) is 7.38. The molecule has 38 heavy (non-hydrogen) atoms. The van der Waals surface area contributed by atoms with Gasteiger partial charge in [0.2, 0.25) is 0 Å². The number of rotatable bonds is 5. The Morgan fingerprint density at radius 3 is 2.26 bits per heavy atom. The fourth-order valence-corrected chi connectivity index (χ4v) is 4.89. The Labute approximate surface area is 220 Å². The van der Waals surface area contributed by atoms with Crippen molar-refractivity contribution in [2.24, 2.45) is 0 Å². The van der Waals surface area contributed by atoms with Crippen molar-refractivity contribution in [3.05, 3.63) is 65.2 Å². The van der Waals surface area contributed by atoms with Crippen LogP contribution in [0.2, 0.25) is 0 Å². The molecular formula is C27H31F3N2O5S. The Balaban J connectivity index is 2.09. The lowest BCUT2D eigenvalue weighted by Crippen LogP contribution is -2.42. The first-order valence-electron chi connectivity index (χ1n) is 12.3. The Hall–Kier alpha value is -3.34. The lowest BCUT2D eigenvalue weighted by atomic mass is 9.95. The zero-order chi connectivity index (χ0) is 28.1. The topological polar surface area (TPSA) is 84.0 Å². The zero-order valence-corrected chi connectivity index (χ0v) is 22.4. The van der Waals surface area contributed by atoms with E-state index in [1.807, 2.05) is 13.8 Å². The van der Waals surface area contributed by atoms with E-state index in [0.717, 1.165) is 11.2 Å². The van der Waals surface area contributed by atoms with Crippen LogP contribution in [0.15, 0.2) is 53.4 Å². The van der Waals surface area contributed by atoms with Gasteiger partial charge in [0.05, 0.1) is 11.5 Å². The highest BCUT2D eigenvalue weighted by Crippen LogP contribution is 2.34. The largest absolute Gasteiger partial charge is 0.493 e. The summed E-state index contributed by atoms with van der Waals surface area (Å²) in [5, 5.41) is 0. The molecule has 3 rings (SSSR count). The van der Waals surface area contributed by atoms with Gasteiger partial charge in [-0.3, -0.25) is 9.59 Å². The van der Waals surface area contributed by atoms with Gasteiger partial charge in [0, 0.05) is 43.6 Å². The van der Waals surface area contributed by atoms with Crippen LogP contribution < -0.4 is 4.74 Å². The number of nitrogens with zero attached hydrogens (tertiary/aromatic N) is 2. The quantitative estimate of drug-likeness (QED) is 0.543. The van der Waals surface area contributed by atoms with E-state index in [0.29, 0.717) is 41.1 Å². The van der Waals surface area contributed by atoms with Crippen LogP contribution in [0.5, 0.6) is 5.75 Å². The summed E-state index contributed by atoms with van der Waals surface area (Å²) in [5.74, 6) is -1.69. The summed E-state index contributed by atoms with van der Waals surface area (Å²) in [7, 11) is -3.57. The third kappa shape index (κ3) is 6.94. The van der Waals surface area contributed by atoms with Crippen LogP contribution in [0.1, 0.15) is 48.2 Å². The van der Waals surface area contributed by atoms with Gasteiger partial charge < -0.3 is 14.5 Å². The molecule has 2 aromatic rings. The maximum absolute atomic E-state index is 13.1. The average molecular weight is 553 g/mol. The fraction of sp³-hybridized carbons (Fsp3) is 0.407. The van der Waals surface area contributed by atoms with E-state index in [4.69, 9.17) is 4.74 Å². The van der Waals surface area contributed by atoms with Crippen LogP contribution in [0, 0.1) is 0 Å². The van der Waals surface area contributed by atoms with Crippen molar-refractivity contribution >= 4 is 27.2 Å². The molecule has 0 radical (unpaired) electrons. The van der Waals surface area contributed by atoms with E-state index in [1.54, 1.807) is 35.2 Å². The number of fused-ring (bicyclic) bond motifs is 1. The molecule has 0 bridgehead atoms. The molecule has 1 heterocycles. The van der Waals surface area contributed by atoms with E-state index >= 15 is 0 Å². The van der Waals surface area contributed by atoms with Crippen molar-refractivity contribution in [3.8, 4) is 5.75 Å². The molecular weight excluding hydrogens is 521 g/mol.